The molecule has 0 aliphatic carbocycles. The molecule has 0 aromatic heterocycles. The van der Waals surface area contributed by atoms with E-state index in [1.807, 2.05) is 18.2 Å². The third-order valence-electron chi connectivity index (χ3n) is 2.28. The summed E-state index contributed by atoms with van der Waals surface area (Å²) in [5.74, 6) is 5.37. The number of hydrogen-bond donors (Lipinski definition) is 3. The Labute approximate surface area is 96.1 Å². The van der Waals surface area contributed by atoms with E-state index in [1.165, 1.54) is 5.69 Å². The number of aliphatic imine (C=N–C) groups is 1. The van der Waals surface area contributed by atoms with Gasteiger partial charge in [-0.05, 0) is 18.6 Å². The Balaban J connectivity index is 2.29. The van der Waals surface area contributed by atoms with Crippen LogP contribution in [0.15, 0.2) is 35.3 Å². The van der Waals surface area contributed by atoms with Gasteiger partial charge in [-0.15, -0.1) is 0 Å². The predicted octanol–water partition coefficient (Wildman–Crippen LogP) is 0.291. The van der Waals surface area contributed by atoms with Gasteiger partial charge in [0, 0.05) is 25.8 Å². The molecular formula is C11H19N5. The molecule has 5 N–H and O–H groups in total. The monoisotopic (exact) mass is 221 g/mol. The maximum Gasteiger partial charge on any atom is 0.203 e. The summed E-state index contributed by atoms with van der Waals surface area (Å²) in [5, 5.41) is 0. The molecule has 0 heterocycles. The Morgan fingerprint density at radius 3 is 2.69 bits per heavy atom. The van der Waals surface area contributed by atoms with E-state index in [2.05, 4.69) is 34.5 Å². The van der Waals surface area contributed by atoms with Crippen LogP contribution in [0.2, 0.25) is 0 Å². The van der Waals surface area contributed by atoms with Gasteiger partial charge in [-0.3, -0.25) is 10.4 Å². The van der Waals surface area contributed by atoms with E-state index in [9.17, 15) is 0 Å². The lowest BCUT2D eigenvalue weighted by Crippen LogP contribution is -2.37. The normalized spacial score (nSPS) is 11.2. The SMILES string of the molecule is CN(CCCN=C(N)NN)c1ccccc1. The van der Waals surface area contributed by atoms with E-state index in [4.69, 9.17) is 11.6 Å². The lowest BCUT2D eigenvalue weighted by atomic mass is 10.3. The van der Waals surface area contributed by atoms with Crippen LogP contribution in [-0.2, 0) is 0 Å². The van der Waals surface area contributed by atoms with Crippen LogP contribution in [0.5, 0.6) is 0 Å². The average molecular weight is 221 g/mol. The zero-order chi connectivity index (χ0) is 11.8. The molecule has 5 nitrogen and oxygen atoms in total. The fourth-order valence-corrected chi connectivity index (χ4v) is 1.36. The smallest absolute Gasteiger partial charge is 0.203 e. The molecule has 5 heteroatoms. The van der Waals surface area contributed by atoms with Crippen molar-refractivity contribution in [2.24, 2.45) is 16.6 Å². The molecule has 0 amide bonds. The lowest BCUT2D eigenvalue weighted by molar-refractivity contribution is 0.790. The molecule has 0 spiro atoms. The third-order valence-corrected chi connectivity index (χ3v) is 2.28. The van der Waals surface area contributed by atoms with Crippen molar-refractivity contribution in [1.29, 1.82) is 0 Å². The highest BCUT2D eigenvalue weighted by atomic mass is 15.3. The van der Waals surface area contributed by atoms with Gasteiger partial charge in [0.05, 0.1) is 0 Å². The highest BCUT2D eigenvalue weighted by molar-refractivity contribution is 5.77. The number of hydrazine groups is 1. The molecule has 0 atom stereocenters. The highest BCUT2D eigenvalue weighted by Crippen LogP contribution is 2.10. The molecule has 0 saturated heterocycles. The molecule has 1 aromatic rings. The number of nitrogens with one attached hydrogen (secondary N) is 1. The average Bonchev–Trinajstić information content (AvgIpc) is 2.35. The van der Waals surface area contributed by atoms with Gasteiger partial charge in [0.1, 0.15) is 0 Å². The third kappa shape index (κ3) is 4.18. The molecular weight excluding hydrogens is 202 g/mol. The molecule has 0 bridgehead atoms. The first-order chi connectivity index (χ1) is 7.74. The first kappa shape index (κ1) is 12.3. The van der Waals surface area contributed by atoms with Crippen molar-refractivity contribution < 1.29 is 0 Å². The van der Waals surface area contributed by atoms with Crippen molar-refractivity contribution in [3.8, 4) is 0 Å². The molecule has 1 rings (SSSR count). The molecule has 0 aliphatic heterocycles. The van der Waals surface area contributed by atoms with Gasteiger partial charge in [0.25, 0.3) is 0 Å². The molecule has 0 unspecified atom stereocenters. The second kappa shape index (κ2) is 6.68. The molecule has 0 fully saturated rings. The summed E-state index contributed by atoms with van der Waals surface area (Å²) in [6.07, 6.45) is 0.938. The highest BCUT2D eigenvalue weighted by Gasteiger charge is 1.98. The van der Waals surface area contributed by atoms with Gasteiger partial charge in [-0.1, -0.05) is 18.2 Å². The zero-order valence-corrected chi connectivity index (χ0v) is 9.56. The summed E-state index contributed by atoms with van der Waals surface area (Å²) >= 11 is 0. The molecule has 88 valence electrons. The summed E-state index contributed by atoms with van der Waals surface area (Å²) in [7, 11) is 2.06. The second-order valence-corrected chi connectivity index (χ2v) is 3.52. The van der Waals surface area contributed by atoms with Crippen LogP contribution < -0.4 is 21.9 Å². The minimum Gasteiger partial charge on any atom is -0.375 e. The fourth-order valence-electron chi connectivity index (χ4n) is 1.36. The minimum absolute atomic E-state index is 0.280. The molecule has 0 aliphatic rings. The number of hydrogen-bond acceptors (Lipinski definition) is 3. The maximum atomic E-state index is 5.40. The summed E-state index contributed by atoms with van der Waals surface area (Å²) in [6, 6.07) is 10.2. The number of benzene rings is 1. The maximum absolute atomic E-state index is 5.40. The van der Waals surface area contributed by atoms with Gasteiger partial charge in [-0.25, -0.2) is 5.84 Å². The topological polar surface area (TPSA) is 79.7 Å². The van der Waals surface area contributed by atoms with E-state index >= 15 is 0 Å². The predicted molar refractivity (Wildman–Crippen MR) is 68.1 cm³/mol. The van der Waals surface area contributed by atoms with E-state index in [0.717, 1.165) is 13.0 Å². The number of guanidine groups is 1. The van der Waals surface area contributed by atoms with Crippen LogP contribution >= 0.6 is 0 Å². The van der Waals surface area contributed by atoms with Crippen molar-refractivity contribution in [1.82, 2.24) is 5.43 Å². The van der Waals surface area contributed by atoms with Gasteiger partial charge in [-0.2, -0.15) is 0 Å². The van der Waals surface area contributed by atoms with Crippen molar-refractivity contribution in [3.63, 3.8) is 0 Å². The van der Waals surface area contributed by atoms with Gasteiger partial charge < -0.3 is 10.6 Å². The number of anilines is 1. The lowest BCUT2D eigenvalue weighted by Gasteiger charge is -2.18. The van der Waals surface area contributed by atoms with Crippen LogP contribution in [0.3, 0.4) is 0 Å². The first-order valence-electron chi connectivity index (χ1n) is 5.26. The summed E-state index contributed by atoms with van der Waals surface area (Å²) in [4.78, 5) is 6.22. The largest absolute Gasteiger partial charge is 0.375 e. The Hall–Kier alpha value is -1.75. The van der Waals surface area contributed by atoms with Crippen LogP contribution in [0.4, 0.5) is 5.69 Å². The van der Waals surface area contributed by atoms with Crippen molar-refractivity contribution in [3.05, 3.63) is 30.3 Å². The fraction of sp³-hybridized carbons (Fsp3) is 0.364. The minimum atomic E-state index is 0.280. The first-order valence-corrected chi connectivity index (χ1v) is 5.26. The van der Waals surface area contributed by atoms with E-state index in [-0.39, 0.29) is 5.96 Å². The standard InChI is InChI=1S/C11H19N5/c1-16(10-6-3-2-4-7-10)9-5-8-14-11(12)15-13/h2-4,6-7H,5,8-9,13H2,1H3,(H3,12,14,15). The van der Waals surface area contributed by atoms with E-state index in [0.29, 0.717) is 6.54 Å². The molecule has 0 saturated carbocycles. The van der Waals surface area contributed by atoms with E-state index in [1.54, 1.807) is 0 Å². The van der Waals surface area contributed by atoms with Crippen LogP contribution in [0, 0.1) is 0 Å². The van der Waals surface area contributed by atoms with Gasteiger partial charge in [0.15, 0.2) is 0 Å². The van der Waals surface area contributed by atoms with Gasteiger partial charge >= 0.3 is 0 Å². The van der Waals surface area contributed by atoms with Crippen LogP contribution in [-0.4, -0.2) is 26.1 Å². The second-order valence-electron chi connectivity index (χ2n) is 3.52. The molecule has 0 radical (unpaired) electrons. The van der Waals surface area contributed by atoms with Gasteiger partial charge in [0.2, 0.25) is 5.96 Å². The summed E-state index contributed by atoms with van der Waals surface area (Å²) in [5.41, 5.74) is 8.91. The van der Waals surface area contributed by atoms with Crippen molar-refractivity contribution in [2.45, 2.75) is 6.42 Å². The molecule has 16 heavy (non-hydrogen) atoms. The number of rotatable bonds is 5. The summed E-state index contributed by atoms with van der Waals surface area (Å²) < 4.78 is 0. The van der Waals surface area contributed by atoms with E-state index < -0.39 is 0 Å². The van der Waals surface area contributed by atoms with Crippen molar-refractivity contribution >= 4 is 11.6 Å². The Kier molecular flexibility index (Phi) is 5.15. The van der Waals surface area contributed by atoms with Crippen LogP contribution in [0.25, 0.3) is 0 Å². The number of para-hydroxylation sites is 1. The Morgan fingerprint density at radius 1 is 1.38 bits per heavy atom. The Morgan fingerprint density at radius 2 is 2.06 bits per heavy atom. The van der Waals surface area contributed by atoms with Crippen molar-refractivity contribution in [2.75, 3.05) is 25.0 Å². The number of nitrogens with two attached hydrogens (primary N) is 2. The Bertz CT molecular complexity index is 322. The zero-order valence-electron chi connectivity index (χ0n) is 9.56. The van der Waals surface area contributed by atoms with Crippen LogP contribution in [0.1, 0.15) is 6.42 Å². The number of nitrogens with zero attached hydrogens (tertiary/aromatic N) is 2. The molecule has 1 aromatic carbocycles. The quantitative estimate of drug-likeness (QED) is 0.219. The summed E-state index contributed by atoms with van der Waals surface area (Å²) in [6.45, 7) is 1.61.